The number of hydrogen-bond acceptors (Lipinski definition) is 9. The van der Waals surface area contributed by atoms with Crippen LogP contribution in [-0.2, 0) is 22.6 Å². The molecule has 4 rings (SSSR count). The summed E-state index contributed by atoms with van der Waals surface area (Å²) in [4.78, 5) is 25.1. The number of nitrogens with two attached hydrogens (primary N) is 1. The molecule has 0 aliphatic carbocycles. The fourth-order valence-corrected chi connectivity index (χ4v) is 3.53. The number of anilines is 1. The molecular formula is C26H29N5O5. The molecule has 0 spiro atoms. The predicted octanol–water partition coefficient (Wildman–Crippen LogP) is 3.71. The van der Waals surface area contributed by atoms with Crippen LogP contribution < -0.4 is 10.5 Å². The Morgan fingerprint density at radius 3 is 2.61 bits per heavy atom. The molecule has 10 nitrogen and oxygen atoms in total. The summed E-state index contributed by atoms with van der Waals surface area (Å²) in [5.41, 5.74) is 8.82. The lowest BCUT2D eigenvalue weighted by molar-refractivity contribution is 0.0288. The van der Waals surface area contributed by atoms with Gasteiger partial charge in [-0.3, -0.25) is 4.57 Å². The van der Waals surface area contributed by atoms with Crippen molar-refractivity contribution in [1.82, 2.24) is 19.5 Å². The number of carbonyl (C=O) groups excluding carboxylic acids is 1. The number of aromatic hydroxyl groups is 1. The highest BCUT2D eigenvalue weighted by atomic mass is 16.6. The van der Waals surface area contributed by atoms with Gasteiger partial charge in [0.15, 0.2) is 17.0 Å². The minimum atomic E-state index is -0.460. The van der Waals surface area contributed by atoms with Crippen molar-refractivity contribution >= 4 is 23.0 Å². The molecular weight excluding hydrogens is 462 g/mol. The second-order valence-corrected chi connectivity index (χ2v) is 8.14. The van der Waals surface area contributed by atoms with Crippen LogP contribution in [0, 0.1) is 0 Å². The Morgan fingerprint density at radius 2 is 1.81 bits per heavy atom. The molecule has 0 aliphatic rings. The molecule has 0 unspecified atom stereocenters. The first-order chi connectivity index (χ1) is 17.5. The standard InChI is InChI=1S/C26H29N5O5/c1-2-3-12-36-25-29-22(27)21-23(30-25)31(26(33)28-21)16-19-10-7-11-20(15-19)24(32)35-14-13-34-17-18-8-5-4-6-9-18/h4-11,15H,2-3,12-14,16-17H2,1H3,(H,28,33)(H2,27,29,30). The van der Waals surface area contributed by atoms with Crippen LogP contribution in [0.1, 0.15) is 41.3 Å². The minimum Gasteiger partial charge on any atom is -0.480 e. The van der Waals surface area contributed by atoms with E-state index in [9.17, 15) is 9.90 Å². The summed E-state index contributed by atoms with van der Waals surface area (Å²) in [5.74, 6) is -0.342. The Hall–Kier alpha value is -4.18. The second-order valence-electron chi connectivity index (χ2n) is 8.14. The van der Waals surface area contributed by atoms with E-state index in [0.29, 0.717) is 31.0 Å². The lowest BCUT2D eigenvalue weighted by Crippen LogP contribution is -2.11. The summed E-state index contributed by atoms with van der Waals surface area (Å²) in [5, 5.41) is 10.4. The van der Waals surface area contributed by atoms with E-state index in [2.05, 4.69) is 21.9 Å². The monoisotopic (exact) mass is 491 g/mol. The molecule has 0 aliphatic heterocycles. The lowest BCUT2D eigenvalue weighted by atomic mass is 10.1. The van der Waals surface area contributed by atoms with Crippen LogP contribution in [0.4, 0.5) is 5.82 Å². The number of imidazole rings is 1. The zero-order chi connectivity index (χ0) is 25.3. The van der Waals surface area contributed by atoms with Gasteiger partial charge in [-0.1, -0.05) is 55.8 Å². The predicted molar refractivity (Wildman–Crippen MR) is 134 cm³/mol. The Morgan fingerprint density at radius 1 is 1.00 bits per heavy atom. The van der Waals surface area contributed by atoms with Crippen molar-refractivity contribution in [2.24, 2.45) is 0 Å². The molecule has 10 heteroatoms. The molecule has 2 aromatic heterocycles. The van der Waals surface area contributed by atoms with E-state index in [4.69, 9.17) is 19.9 Å². The molecule has 0 radical (unpaired) electrons. The zero-order valence-electron chi connectivity index (χ0n) is 20.1. The number of esters is 1. The Bertz CT molecular complexity index is 1310. The summed E-state index contributed by atoms with van der Waals surface area (Å²) < 4.78 is 18.0. The van der Waals surface area contributed by atoms with Crippen molar-refractivity contribution < 1.29 is 24.1 Å². The number of rotatable bonds is 12. The van der Waals surface area contributed by atoms with Gasteiger partial charge in [0.2, 0.25) is 0 Å². The molecule has 0 saturated heterocycles. The van der Waals surface area contributed by atoms with Crippen molar-refractivity contribution in [3.63, 3.8) is 0 Å². The van der Waals surface area contributed by atoms with Crippen LogP contribution in [0.15, 0.2) is 54.6 Å². The Balaban J connectivity index is 1.39. The number of fused-ring (bicyclic) bond motifs is 1. The van der Waals surface area contributed by atoms with Crippen LogP contribution in [-0.4, -0.2) is 50.4 Å². The fraction of sp³-hybridized carbons (Fsp3) is 0.308. The van der Waals surface area contributed by atoms with E-state index in [1.165, 1.54) is 4.57 Å². The third kappa shape index (κ3) is 6.28. The number of nitrogen functional groups attached to an aromatic ring is 1. The van der Waals surface area contributed by atoms with E-state index in [-0.39, 0.29) is 36.5 Å². The summed E-state index contributed by atoms with van der Waals surface area (Å²) in [7, 11) is 0. The van der Waals surface area contributed by atoms with Crippen LogP contribution in [0.5, 0.6) is 12.0 Å². The van der Waals surface area contributed by atoms with Crippen LogP contribution in [0.25, 0.3) is 11.2 Å². The van der Waals surface area contributed by atoms with Crippen molar-refractivity contribution in [3.05, 3.63) is 71.3 Å². The largest absolute Gasteiger partial charge is 0.480 e. The van der Waals surface area contributed by atoms with Gasteiger partial charge in [0, 0.05) is 0 Å². The number of aromatic nitrogens is 4. The Kier molecular flexibility index (Phi) is 8.30. The van der Waals surface area contributed by atoms with Gasteiger partial charge in [-0.25, -0.2) is 4.79 Å². The zero-order valence-corrected chi connectivity index (χ0v) is 20.1. The summed E-state index contributed by atoms with van der Waals surface area (Å²) in [6, 6.07) is 16.6. The highest BCUT2D eigenvalue weighted by molar-refractivity contribution is 5.89. The maximum absolute atomic E-state index is 12.5. The van der Waals surface area contributed by atoms with E-state index in [1.54, 1.807) is 18.2 Å². The summed E-state index contributed by atoms with van der Waals surface area (Å²) >= 11 is 0. The molecule has 0 amide bonds. The quantitative estimate of drug-likeness (QED) is 0.225. The average Bonchev–Trinajstić information content (AvgIpc) is 3.20. The number of unbranched alkanes of at least 4 members (excludes halogenated alkanes) is 1. The van der Waals surface area contributed by atoms with Gasteiger partial charge in [0.25, 0.3) is 6.01 Å². The highest BCUT2D eigenvalue weighted by Gasteiger charge is 2.18. The topological polar surface area (TPSA) is 135 Å². The highest BCUT2D eigenvalue weighted by Crippen LogP contribution is 2.26. The molecule has 0 fully saturated rings. The van der Waals surface area contributed by atoms with Crippen LogP contribution in [0.3, 0.4) is 0 Å². The third-order valence-electron chi connectivity index (χ3n) is 5.39. The summed E-state index contributed by atoms with van der Waals surface area (Å²) in [6.07, 6.45) is 1.82. The van der Waals surface area contributed by atoms with Gasteiger partial charge >= 0.3 is 12.0 Å². The van der Waals surface area contributed by atoms with Gasteiger partial charge in [-0.2, -0.15) is 15.0 Å². The van der Waals surface area contributed by atoms with Crippen molar-refractivity contribution in [1.29, 1.82) is 0 Å². The number of hydrogen-bond donors (Lipinski definition) is 2. The molecule has 3 N–H and O–H groups in total. The van der Waals surface area contributed by atoms with Crippen LogP contribution >= 0.6 is 0 Å². The van der Waals surface area contributed by atoms with Crippen molar-refractivity contribution in [2.75, 3.05) is 25.6 Å². The van der Waals surface area contributed by atoms with Gasteiger partial charge in [0.1, 0.15) is 6.61 Å². The second kappa shape index (κ2) is 12.0. The van der Waals surface area contributed by atoms with Crippen molar-refractivity contribution in [2.45, 2.75) is 32.9 Å². The first-order valence-corrected chi connectivity index (χ1v) is 11.8. The number of ether oxygens (including phenoxy) is 3. The molecule has 4 aromatic rings. The SMILES string of the molecule is CCCCOc1nc(N)c2nc(O)n(Cc3cccc(C(=O)OCCOCc4ccccc4)c3)c2n1. The van der Waals surface area contributed by atoms with Gasteiger partial charge in [-0.15, -0.1) is 0 Å². The number of benzene rings is 2. The first-order valence-electron chi connectivity index (χ1n) is 11.8. The molecule has 0 bridgehead atoms. The van der Waals surface area contributed by atoms with E-state index < -0.39 is 5.97 Å². The molecule has 0 saturated carbocycles. The average molecular weight is 492 g/mol. The molecule has 188 valence electrons. The van der Waals surface area contributed by atoms with Crippen LogP contribution in [0.2, 0.25) is 0 Å². The van der Waals surface area contributed by atoms with Gasteiger partial charge in [0.05, 0.1) is 31.9 Å². The van der Waals surface area contributed by atoms with Gasteiger partial charge in [-0.05, 0) is 29.7 Å². The normalized spacial score (nSPS) is 11.0. The van der Waals surface area contributed by atoms with E-state index in [0.717, 1.165) is 24.0 Å². The fourth-order valence-electron chi connectivity index (χ4n) is 3.53. The third-order valence-corrected chi connectivity index (χ3v) is 5.39. The van der Waals surface area contributed by atoms with E-state index >= 15 is 0 Å². The lowest BCUT2D eigenvalue weighted by Gasteiger charge is -2.09. The summed E-state index contributed by atoms with van der Waals surface area (Å²) in [6.45, 7) is 3.60. The molecule has 0 atom stereocenters. The van der Waals surface area contributed by atoms with Gasteiger partial charge < -0.3 is 25.1 Å². The Labute approximate surface area is 208 Å². The molecule has 2 heterocycles. The maximum Gasteiger partial charge on any atom is 0.338 e. The number of nitrogens with zero attached hydrogens (tertiary/aromatic N) is 4. The van der Waals surface area contributed by atoms with E-state index in [1.807, 2.05) is 36.4 Å². The minimum absolute atomic E-state index is 0.118. The molecule has 36 heavy (non-hydrogen) atoms. The maximum atomic E-state index is 12.5. The first kappa shape index (κ1) is 24.9. The van der Waals surface area contributed by atoms with Crippen molar-refractivity contribution in [3.8, 4) is 12.0 Å². The molecule has 2 aromatic carbocycles. The smallest absolute Gasteiger partial charge is 0.338 e. The number of carbonyl (C=O) groups is 1.